The fourth-order valence-corrected chi connectivity index (χ4v) is 3.44. The van der Waals surface area contributed by atoms with E-state index in [9.17, 15) is 8.42 Å². The first-order chi connectivity index (χ1) is 10.0. The Kier molecular flexibility index (Phi) is 3.78. The van der Waals surface area contributed by atoms with Gasteiger partial charge < -0.3 is 0 Å². The van der Waals surface area contributed by atoms with Crippen LogP contribution in [0.3, 0.4) is 0 Å². The Morgan fingerprint density at radius 2 is 1.90 bits per heavy atom. The third-order valence-electron chi connectivity index (χ3n) is 3.85. The van der Waals surface area contributed by atoms with Crippen LogP contribution in [0.15, 0.2) is 36.4 Å². The van der Waals surface area contributed by atoms with Crippen LogP contribution >= 0.6 is 0 Å². The summed E-state index contributed by atoms with van der Waals surface area (Å²) in [7, 11) is -3.84. The molecule has 4 nitrogen and oxygen atoms in total. The minimum absolute atomic E-state index is 0.163. The van der Waals surface area contributed by atoms with Gasteiger partial charge >= 0.3 is 0 Å². The molecule has 5 heteroatoms. The van der Waals surface area contributed by atoms with Crippen LogP contribution in [-0.4, -0.2) is 36.1 Å². The number of hydrogen-bond donors (Lipinski definition) is 1. The summed E-state index contributed by atoms with van der Waals surface area (Å²) in [5.74, 6) is -0.163. The fourth-order valence-electron chi connectivity index (χ4n) is 2.87. The number of hydrogen-bond acceptors (Lipinski definition) is 2. The summed E-state index contributed by atoms with van der Waals surface area (Å²) in [5.41, 5.74) is 2.54. The van der Waals surface area contributed by atoms with Gasteiger partial charge in [-0.05, 0) is 17.9 Å². The molecule has 0 bridgehead atoms. The molecule has 0 fully saturated rings. The lowest BCUT2D eigenvalue weighted by atomic mass is 10.0. The molecule has 0 aliphatic carbocycles. The maximum atomic E-state index is 10.7. The van der Waals surface area contributed by atoms with Crippen molar-refractivity contribution < 1.29 is 17.5 Å². The van der Waals surface area contributed by atoms with Gasteiger partial charge in [0, 0.05) is 12.0 Å². The van der Waals surface area contributed by atoms with E-state index >= 15 is 0 Å². The molecule has 1 aliphatic rings. The molecule has 1 aliphatic heterocycles. The van der Waals surface area contributed by atoms with Crippen LogP contribution in [0.4, 0.5) is 5.69 Å². The topological polar surface area (TPSA) is 57.4 Å². The molecule has 0 radical (unpaired) electrons. The van der Waals surface area contributed by atoms with Gasteiger partial charge in [-0.2, -0.15) is 8.42 Å². The van der Waals surface area contributed by atoms with E-state index < -0.39 is 10.1 Å². The van der Waals surface area contributed by atoms with E-state index in [0.29, 0.717) is 6.42 Å². The van der Waals surface area contributed by atoms with Gasteiger partial charge in [-0.15, -0.1) is 0 Å². The van der Waals surface area contributed by atoms with Gasteiger partial charge in [-0.3, -0.25) is 4.55 Å². The summed E-state index contributed by atoms with van der Waals surface area (Å²) < 4.78 is 32.4. The summed E-state index contributed by atoms with van der Waals surface area (Å²) in [6, 6.07) is 12.6. The Hall–Kier alpha value is -1.72. The first-order valence-electron chi connectivity index (χ1n) is 7.10. The summed E-state index contributed by atoms with van der Waals surface area (Å²) in [6.07, 6.45) is 4.28. The van der Waals surface area contributed by atoms with Crippen LogP contribution in [0, 0.1) is 0 Å². The second-order valence-corrected chi connectivity index (χ2v) is 6.94. The van der Waals surface area contributed by atoms with E-state index in [2.05, 4.69) is 35.1 Å². The molecule has 3 rings (SSSR count). The largest absolute Gasteiger partial charge is 0.286 e. The summed E-state index contributed by atoms with van der Waals surface area (Å²) in [6.45, 7) is 0.774. The lowest BCUT2D eigenvalue weighted by Crippen LogP contribution is -2.09. The average molecular weight is 304 g/mol. The lowest BCUT2D eigenvalue weighted by molar-refractivity contribution is -0.431. The van der Waals surface area contributed by atoms with Crippen molar-refractivity contribution >= 4 is 32.8 Å². The van der Waals surface area contributed by atoms with Crippen molar-refractivity contribution in [1.82, 2.24) is 0 Å². The normalized spacial score (nSPS) is 14.2. The number of benzene rings is 2. The van der Waals surface area contributed by atoms with Crippen molar-refractivity contribution in [1.29, 1.82) is 0 Å². The van der Waals surface area contributed by atoms with Crippen LogP contribution in [0.5, 0.6) is 0 Å². The van der Waals surface area contributed by atoms with Crippen molar-refractivity contribution in [3.8, 4) is 0 Å². The van der Waals surface area contributed by atoms with Crippen molar-refractivity contribution in [3.05, 3.63) is 42.0 Å². The third-order valence-corrected chi connectivity index (χ3v) is 4.66. The molecule has 0 atom stereocenters. The minimum Gasteiger partial charge on any atom is -0.286 e. The number of nitrogens with zero attached hydrogens (tertiary/aromatic N) is 1. The molecule has 0 unspecified atom stereocenters. The smallest absolute Gasteiger partial charge is 0.264 e. The van der Waals surface area contributed by atoms with Crippen molar-refractivity contribution in [2.75, 3.05) is 12.3 Å². The SMILES string of the molecule is O=S(=O)(O)CCCC[N+]1=CCc2ccc3ccccc3c21. The van der Waals surface area contributed by atoms with Gasteiger partial charge in [0.15, 0.2) is 0 Å². The zero-order chi connectivity index (χ0) is 14.9. The van der Waals surface area contributed by atoms with Gasteiger partial charge in [0.1, 0.15) is 12.8 Å². The lowest BCUT2D eigenvalue weighted by Gasteiger charge is -2.05. The highest BCUT2D eigenvalue weighted by molar-refractivity contribution is 7.85. The second kappa shape index (κ2) is 5.58. The Balaban J connectivity index is 1.78. The van der Waals surface area contributed by atoms with Crippen LogP contribution in [0.25, 0.3) is 10.8 Å². The fraction of sp³-hybridized carbons (Fsp3) is 0.312. The average Bonchev–Trinajstić information content (AvgIpc) is 2.86. The van der Waals surface area contributed by atoms with Crippen molar-refractivity contribution in [2.45, 2.75) is 19.3 Å². The quantitative estimate of drug-likeness (QED) is 0.525. The van der Waals surface area contributed by atoms with Gasteiger partial charge in [0.2, 0.25) is 5.69 Å². The minimum atomic E-state index is -3.84. The van der Waals surface area contributed by atoms with E-state index in [1.54, 1.807) is 0 Å². The van der Waals surface area contributed by atoms with E-state index in [1.165, 1.54) is 22.0 Å². The summed E-state index contributed by atoms with van der Waals surface area (Å²) >= 11 is 0. The van der Waals surface area contributed by atoms with Crippen LogP contribution < -0.4 is 0 Å². The van der Waals surface area contributed by atoms with E-state index in [4.69, 9.17) is 4.55 Å². The highest BCUT2D eigenvalue weighted by Gasteiger charge is 2.24. The first kappa shape index (κ1) is 14.2. The molecular weight excluding hydrogens is 286 g/mol. The molecule has 0 saturated carbocycles. The number of unbranched alkanes of at least 4 members (excludes halogenated alkanes) is 1. The van der Waals surface area contributed by atoms with Gasteiger partial charge in [-0.25, -0.2) is 4.58 Å². The highest BCUT2D eigenvalue weighted by Crippen LogP contribution is 2.32. The predicted octanol–water partition coefficient (Wildman–Crippen LogP) is 2.78. The highest BCUT2D eigenvalue weighted by atomic mass is 32.2. The molecule has 0 saturated heterocycles. The van der Waals surface area contributed by atoms with Crippen LogP contribution in [0.2, 0.25) is 0 Å². The van der Waals surface area contributed by atoms with Gasteiger partial charge in [0.05, 0.1) is 17.6 Å². The monoisotopic (exact) mass is 304 g/mol. The Labute approximate surface area is 124 Å². The maximum Gasteiger partial charge on any atom is 0.264 e. The number of rotatable bonds is 5. The van der Waals surface area contributed by atoms with Gasteiger partial charge in [0.25, 0.3) is 10.1 Å². The molecule has 110 valence electrons. The predicted molar refractivity (Wildman–Crippen MR) is 84.2 cm³/mol. The second-order valence-electron chi connectivity index (χ2n) is 5.37. The first-order valence-corrected chi connectivity index (χ1v) is 8.71. The van der Waals surface area contributed by atoms with E-state index in [1.807, 2.05) is 12.1 Å². The van der Waals surface area contributed by atoms with Crippen molar-refractivity contribution in [2.24, 2.45) is 0 Å². The summed E-state index contributed by atoms with van der Waals surface area (Å²) in [5, 5.41) is 2.45. The van der Waals surface area contributed by atoms with E-state index in [-0.39, 0.29) is 5.75 Å². The van der Waals surface area contributed by atoms with Gasteiger partial charge in [-0.1, -0.05) is 30.3 Å². The zero-order valence-electron chi connectivity index (χ0n) is 11.7. The molecule has 0 amide bonds. The number of fused-ring (bicyclic) bond motifs is 3. The third kappa shape index (κ3) is 3.14. The molecule has 2 aromatic rings. The Morgan fingerprint density at radius 1 is 1.10 bits per heavy atom. The molecule has 1 N–H and O–H groups in total. The molecule has 0 aromatic heterocycles. The molecular formula is C16H18NO3S+. The molecule has 2 aromatic carbocycles. The Morgan fingerprint density at radius 3 is 2.71 bits per heavy atom. The van der Waals surface area contributed by atoms with Crippen LogP contribution in [-0.2, 0) is 16.5 Å². The molecule has 0 spiro atoms. The van der Waals surface area contributed by atoms with E-state index in [0.717, 1.165) is 19.4 Å². The van der Waals surface area contributed by atoms with Crippen molar-refractivity contribution in [3.63, 3.8) is 0 Å². The zero-order valence-corrected chi connectivity index (χ0v) is 12.5. The van der Waals surface area contributed by atoms with Crippen LogP contribution in [0.1, 0.15) is 18.4 Å². The molecule has 21 heavy (non-hydrogen) atoms. The molecule has 1 heterocycles. The summed E-state index contributed by atoms with van der Waals surface area (Å²) in [4.78, 5) is 0. The standard InChI is InChI=1S/C16H17NO3S/c18-21(19,20)12-4-3-10-17-11-9-14-8-7-13-5-1-2-6-15(13)16(14)17/h1-2,5-8,11H,3-4,9-10,12H2/p+1. The Bertz CT molecular complexity index is 809. The maximum absolute atomic E-state index is 10.7.